The lowest BCUT2D eigenvalue weighted by Gasteiger charge is -2.12. The number of rotatable bonds is 4. The van der Waals surface area contributed by atoms with Crippen molar-refractivity contribution < 1.29 is 27.5 Å². The Morgan fingerprint density at radius 2 is 2.15 bits per heavy atom. The van der Waals surface area contributed by atoms with E-state index in [1.807, 2.05) is 0 Å². The van der Waals surface area contributed by atoms with E-state index in [1.165, 1.54) is 6.92 Å². The summed E-state index contributed by atoms with van der Waals surface area (Å²) < 4.78 is 42.1. The van der Waals surface area contributed by atoms with Gasteiger partial charge in [0, 0.05) is 10.5 Å². The number of hydrogen-bond donors (Lipinski definition) is 0. The summed E-state index contributed by atoms with van der Waals surface area (Å²) in [6.07, 6.45) is 0.216. The van der Waals surface area contributed by atoms with Gasteiger partial charge in [-0.2, -0.15) is 18.4 Å². The summed E-state index contributed by atoms with van der Waals surface area (Å²) in [6.45, 7) is 1.44. The number of esters is 1. The monoisotopic (exact) mass is 303 g/mol. The van der Waals surface area contributed by atoms with Gasteiger partial charge in [0.2, 0.25) is 0 Å². The van der Waals surface area contributed by atoms with Crippen molar-refractivity contribution in [1.82, 2.24) is 0 Å². The minimum atomic E-state index is -4.66. The fraction of sp³-hybridized carbons (Fsp3) is 0.250. The second-order valence-electron chi connectivity index (χ2n) is 3.44. The molecule has 106 valence electrons. The number of nitriles is 1. The van der Waals surface area contributed by atoms with Crippen LogP contribution < -0.4 is 0 Å². The van der Waals surface area contributed by atoms with Crippen molar-refractivity contribution in [2.24, 2.45) is 0 Å². The molecule has 0 aromatic heterocycles. The quantitative estimate of drug-likeness (QED) is 0.485. The number of nitrogens with zero attached hydrogens (tertiary/aromatic N) is 1. The number of alkyl halides is 3. The van der Waals surface area contributed by atoms with Crippen LogP contribution in [0.5, 0.6) is 0 Å². The molecule has 0 saturated heterocycles. The predicted molar refractivity (Wildman–Crippen MR) is 64.4 cm³/mol. The Kier molecular flexibility index (Phi) is 5.16. The SMILES string of the molecule is CCOC(=O)c1c(C=O)cc(C#N)cc1SC(F)(F)F. The highest BCUT2D eigenvalue weighted by molar-refractivity contribution is 8.00. The van der Waals surface area contributed by atoms with Gasteiger partial charge in [0.1, 0.15) is 0 Å². The zero-order valence-corrected chi connectivity index (χ0v) is 11.0. The van der Waals surface area contributed by atoms with Crippen LogP contribution in [-0.2, 0) is 4.74 Å². The van der Waals surface area contributed by atoms with E-state index in [0.717, 1.165) is 12.1 Å². The lowest BCUT2D eigenvalue weighted by Crippen LogP contribution is -2.12. The first-order chi connectivity index (χ1) is 9.32. The van der Waals surface area contributed by atoms with E-state index in [2.05, 4.69) is 4.74 Å². The topological polar surface area (TPSA) is 67.2 Å². The molecule has 1 aromatic rings. The molecule has 8 heteroatoms. The number of carbonyl (C=O) groups is 2. The van der Waals surface area contributed by atoms with Crippen molar-refractivity contribution in [1.29, 1.82) is 5.26 Å². The zero-order valence-electron chi connectivity index (χ0n) is 10.2. The van der Waals surface area contributed by atoms with Gasteiger partial charge < -0.3 is 4.74 Å². The summed E-state index contributed by atoms with van der Waals surface area (Å²) in [5, 5.41) is 8.74. The molecular formula is C12H8F3NO3S. The largest absolute Gasteiger partial charge is 0.462 e. The third-order valence-electron chi connectivity index (χ3n) is 2.09. The van der Waals surface area contributed by atoms with E-state index in [9.17, 15) is 22.8 Å². The van der Waals surface area contributed by atoms with Crippen molar-refractivity contribution in [2.75, 3.05) is 6.61 Å². The van der Waals surface area contributed by atoms with Crippen LogP contribution in [0, 0.1) is 11.3 Å². The van der Waals surface area contributed by atoms with Gasteiger partial charge >= 0.3 is 11.5 Å². The predicted octanol–water partition coefficient (Wildman–Crippen LogP) is 3.16. The highest BCUT2D eigenvalue weighted by Gasteiger charge is 2.33. The van der Waals surface area contributed by atoms with Crippen molar-refractivity contribution in [2.45, 2.75) is 17.3 Å². The second kappa shape index (κ2) is 6.43. The maximum Gasteiger partial charge on any atom is 0.446 e. The summed E-state index contributed by atoms with van der Waals surface area (Å²) in [4.78, 5) is 22.1. The first kappa shape index (κ1) is 16.0. The lowest BCUT2D eigenvalue weighted by molar-refractivity contribution is -0.0328. The van der Waals surface area contributed by atoms with Crippen LogP contribution in [0.25, 0.3) is 0 Å². The van der Waals surface area contributed by atoms with E-state index in [4.69, 9.17) is 5.26 Å². The molecule has 1 rings (SSSR count). The Labute approximate surface area is 116 Å². The summed E-state index contributed by atoms with van der Waals surface area (Å²) >= 11 is -0.570. The number of carbonyl (C=O) groups excluding carboxylic acids is 2. The van der Waals surface area contributed by atoms with E-state index in [-0.39, 0.29) is 24.0 Å². The van der Waals surface area contributed by atoms with Gasteiger partial charge in [-0.15, -0.1) is 0 Å². The molecule has 0 atom stereocenters. The van der Waals surface area contributed by atoms with Gasteiger partial charge in [0.05, 0.1) is 23.8 Å². The molecule has 0 aliphatic heterocycles. The second-order valence-corrected chi connectivity index (χ2v) is 4.54. The standard InChI is InChI=1S/C12H8F3NO3S/c1-2-19-11(18)10-8(6-17)3-7(5-16)4-9(10)20-12(13,14)15/h3-4,6H,2H2,1H3. The van der Waals surface area contributed by atoms with Crippen LogP contribution in [0.1, 0.15) is 33.2 Å². The van der Waals surface area contributed by atoms with Crippen LogP contribution in [0.3, 0.4) is 0 Å². The Morgan fingerprint density at radius 1 is 1.50 bits per heavy atom. The molecule has 0 spiro atoms. The molecule has 1 aromatic carbocycles. The lowest BCUT2D eigenvalue weighted by atomic mass is 10.1. The van der Waals surface area contributed by atoms with Crippen LogP contribution in [0.4, 0.5) is 13.2 Å². The van der Waals surface area contributed by atoms with E-state index >= 15 is 0 Å². The molecule has 0 heterocycles. The molecule has 0 saturated carbocycles. The van der Waals surface area contributed by atoms with E-state index in [0.29, 0.717) is 0 Å². The van der Waals surface area contributed by atoms with Crippen LogP contribution >= 0.6 is 11.8 Å². The average molecular weight is 303 g/mol. The zero-order chi connectivity index (χ0) is 15.3. The summed E-state index contributed by atoms with van der Waals surface area (Å²) in [7, 11) is 0. The summed E-state index contributed by atoms with van der Waals surface area (Å²) in [5.74, 6) is -1.04. The van der Waals surface area contributed by atoms with Gasteiger partial charge in [-0.1, -0.05) is 0 Å². The fourth-order valence-electron chi connectivity index (χ4n) is 1.42. The highest BCUT2D eigenvalue weighted by Crippen LogP contribution is 2.40. The molecule has 0 fully saturated rings. The van der Waals surface area contributed by atoms with Crippen LogP contribution in [0.2, 0.25) is 0 Å². The molecule has 0 aliphatic carbocycles. The third-order valence-corrected chi connectivity index (χ3v) is 2.87. The summed E-state index contributed by atoms with van der Waals surface area (Å²) in [5.41, 5.74) is -5.60. The van der Waals surface area contributed by atoms with Gasteiger partial charge in [-0.05, 0) is 30.8 Å². The first-order valence-corrected chi connectivity index (χ1v) is 6.10. The van der Waals surface area contributed by atoms with Gasteiger partial charge in [-0.25, -0.2) is 4.79 Å². The van der Waals surface area contributed by atoms with Crippen molar-refractivity contribution in [3.05, 3.63) is 28.8 Å². The number of halogens is 3. The number of ether oxygens (including phenoxy) is 1. The van der Waals surface area contributed by atoms with Crippen molar-refractivity contribution >= 4 is 24.0 Å². The maximum atomic E-state index is 12.5. The Morgan fingerprint density at radius 3 is 2.60 bits per heavy atom. The maximum absolute atomic E-state index is 12.5. The molecule has 0 bridgehead atoms. The normalized spacial score (nSPS) is 10.8. The van der Waals surface area contributed by atoms with Crippen molar-refractivity contribution in [3.8, 4) is 6.07 Å². The minimum absolute atomic E-state index is 0.0484. The summed E-state index contributed by atoms with van der Waals surface area (Å²) in [6, 6.07) is 3.58. The highest BCUT2D eigenvalue weighted by atomic mass is 32.2. The van der Waals surface area contributed by atoms with Gasteiger partial charge in [0.25, 0.3) is 0 Å². The molecule has 0 N–H and O–H groups in total. The molecular weight excluding hydrogens is 295 g/mol. The Balaban J connectivity index is 3.47. The number of aldehydes is 1. The van der Waals surface area contributed by atoms with E-state index < -0.39 is 33.7 Å². The number of hydrogen-bond acceptors (Lipinski definition) is 5. The first-order valence-electron chi connectivity index (χ1n) is 5.28. The van der Waals surface area contributed by atoms with E-state index in [1.54, 1.807) is 6.07 Å². The molecule has 0 aliphatic rings. The fourth-order valence-corrected chi connectivity index (χ4v) is 2.16. The van der Waals surface area contributed by atoms with Gasteiger partial charge in [-0.3, -0.25) is 4.79 Å². The molecule has 0 unspecified atom stereocenters. The molecule has 20 heavy (non-hydrogen) atoms. The number of benzene rings is 1. The van der Waals surface area contributed by atoms with Crippen LogP contribution in [0.15, 0.2) is 17.0 Å². The molecule has 0 amide bonds. The molecule has 0 radical (unpaired) electrons. The van der Waals surface area contributed by atoms with Gasteiger partial charge in [0.15, 0.2) is 6.29 Å². The molecule has 4 nitrogen and oxygen atoms in total. The van der Waals surface area contributed by atoms with Crippen LogP contribution in [-0.4, -0.2) is 24.4 Å². The Bertz CT molecular complexity index is 579. The average Bonchev–Trinajstić information content (AvgIpc) is 2.35. The van der Waals surface area contributed by atoms with Crippen molar-refractivity contribution in [3.63, 3.8) is 0 Å². The number of thioether (sulfide) groups is 1. The third kappa shape index (κ3) is 3.99. The smallest absolute Gasteiger partial charge is 0.446 e. The minimum Gasteiger partial charge on any atom is -0.462 e. The Hall–Kier alpha value is -2.01.